The zero-order valence-corrected chi connectivity index (χ0v) is 16.4. The number of hydrogen-bond donors (Lipinski definition) is 2. The van der Waals surface area contributed by atoms with Crippen LogP contribution in [0.1, 0.15) is 25.8 Å². The molecule has 5 nitrogen and oxygen atoms in total. The number of aromatic nitrogens is 3. The van der Waals surface area contributed by atoms with Crippen molar-refractivity contribution in [3.05, 3.63) is 53.4 Å². The van der Waals surface area contributed by atoms with Gasteiger partial charge in [0.15, 0.2) is 5.82 Å². The average molecular weight is 387 g/mol. The Bertz CT molecular complexity index is 817. The van der Waals surface area contributed by atoms with Crippen LogP contribution in [0.15, 0.2) is 53.0 Å². The van der Waals surface area contributed by atoms with Crippen LogP contribution in [0.25, 0.3) is 10.7 Å². The maximum Gasteiger partial charge on any atom is 0.233 e. The summed E-state index contributed by atoms with van der Waals surface area (Å²) >= 11 is 2.97. The van der Waals surface area contributed by atoms with Crippen molar-refractivity contribution in [2.24, 2.45) is 0 Å². The van der Waals surface area contributed by atoms with E-state index in [4.69, 9.17) is 0 Å². The Morgan fingerprint density at radius 1 is 1.23 bits per heavy atom. The molecule has 0 bridgehead atoms. The summed E-state index contributed by atoms with van der Waals surface area (Å²) in [5.41, 5.74) is 1.29. The van der Waals surface area contributed by atoms with Crippen molar-refractivity contribution in [3.8, 4) is 10.7 Å². The number of thiophene rings is 1. The maximum absolute atomic E-state index is 12.4. The number of benzene rings is 1. The number of hydrogen-bond acceptors (Lipinski definition) is 5. The third-order valence-electron chi connectivity index (χ3n) is 3.97. The first-order valence-corrected chi connectivity index (χ1v) is 10.3. The van der Waals surface area contributed by atoms with E-state index in [0.717, 1.165) is 23.5 Å². The molecule has 1 aromatic carbocycles. The smallest absolute Gasteiger partial charge is 0.233 e. The highest BCUT2D eigenvalue weighted by atomic mass is 32.2. The van der Waals surface area contributed by atoms with E-state index in [1.165, 1.54) is 17.3 Å². The molecule has 2 aromatic heterocycles. The van der Waals surface area contributed by atoms with E-state index in [-0.39, 0.29) is 17.2 Å². The van der Waals surface area contributed by atoms with Crippen molar-refractivity contribution in [2.75, 3.05) is 0 Å². The molecule has 0 fully saturated rings. The minimum Gasteiger partial charge on any atom is -0.353 e. The van der Waals surface area contributed by atoms with Gasteiger partial charge in [0.05, 0.1) is 10.1 Å². The van der Waals surface area contributed by atoms with Crippen LogP contribution in [0.5, 0.6) is 0 Å². The number of carbonyl (C=O) groups excluding carboxylic acids is 1. The second kappa shape index (κ2) is 9.00. The number of rotatable bonds is 8. The minimum atomic E-state index is -0.249. The lowest BCUT2D eigenvalue weighted by atomic mass is 10.1. The maximum atomic E-state index is 12.4. The normalized spacial score (nSPS) is 13.3. The Labute approximate surface area is 161 Å². The fraction of sp³-hybridized carbons (Fsp3) is 0.316. The number of aromatic amines is 1. The molecule has 0 aliphatic rings. The molecule has 3 rings (SSSR count). The van der Waals surface area contributed by atoms with Crippen LogP contribution in [0.2, 0.25) is 0 Å². The van der Waals surface area contributed by atoms with Crippen LogP contribution in [-0.4, -0.2) is 32.4 Å². The number of aryl methyl sites for hydroxylation is 1. The fourth-order valence-electron chi connectivity index (χ4n) is 2.49. The van der Waals surface area contributed by atoms with Gasteiger partial charge >= 0.3 is 0 Å². The van der Waals surface area contributed by atoms with E-state index in [1.807, 2.05) is 49.6 Å². The van der Waals surface area contributed by atoms with Crippen LogP contribution in [0.4, 0.5) is 0 Å². The summed E-state index contributed by atoms with van der Waals surface area (Å²) in [5.74, 6) is 0.754. The molecule has 0 aliphatic carbocycles. The van der Waals surface area contributed by atoms with Crippen LogP contribution in [0.3, 0.4) is 0 Å². The number of carbonyl (C=O) groups is 1. The second-order valence-electron chi connectivity index (χ2n) is 6.14. The predicted molar refractivity (Wildman–Crippen MR) is 107 cm³/mol. The molecular formula is C19H22N4OS2. The summed E-state index contributed by atoms with van der Waals surface area (Å²) in [4.78, 5) is 17.9. The van der Waals surface area contributed by atoms with E-state index in [0.29, 0.717) is 5.16 Å². The van der Waals surface area contributed by atoms with Gasteiger partial charge in [-0.2, -0.15) is 0 Å². The van der Waals surface area contributed by atoms with Crippen LogP contribution in [-0.2, 0) is 11.2 Å². The van der Waals surface area contributed by atoms with Crippen molar-refractivity contribution in [2.45, 2.75) is 43.1 Å². The topological polar surface area (TPSA) is 70.7 Å². The van der Waals surface area contributed by atoms with Gasteiger partial charge in [0.2, 0.25) is 11.1 Å². The molecule has 0 radical (unpaired) electrons. The number of thioether (sulfide) groups is 1. The molecule has 2 N–H and O–H groups in total. The summed E-state index contributed by atoms with van der Waals surface area (Å²) in [6.45, 7) is 3.92. The highest BCUT2D eigenvalue weighted by molar-refractivity contribution is 8.00. The molecule has 136 valence electrons. The molecule has 0 aliphatic heterocycles. The van der Waals surface area contributed by atoms with Crippen molar-refractivity contribution in [3.63, 3.8) is 0 Å². The highest BCUT2D eigenvalue weighted by Gasteiger charge is 2.19. The van der Waals surface area contributed by atoms with Gasteiger partial charge in [0, 0.05) is 6.04 Å². The number of amides is 1. The molecule has 0 saturated carbocycles. The van der Waals surface area contributed by atoms with E-state index < -0.39 is 0 Å². The lowest BCUT2D eigenvalue weighted by Gasteiger charge is -2.16. The van der Waals surface area contributed by atoms with Gasteiger partial charge in [-0.3, -0.25) is 9.89 Å². The second-order valence-corrected chi connectivity index (χ2v) is 8.39. The Kier molecular flexibility index (Phi) is 6.46. The lowest BCUT2D eigenvalue weighted by Crippen LogP contribution is -2.37. The van der Waals surface area contributed by atoms with Crippen LogP contribution < -0.4 is 5.32 Å². The SMILES string of the molecule is C[C@H](CCc1ccccc1)NC(=O)[C@@H](C)Sc1n[nH]c(-c2cccs2)n1. The third-order valence-corrected chi connectivity index (χ3v) is 5.81. The van der Waals surface area contributed by atoms with E-state index in [9.17, 15) is 4.79 Å². The van der Waals surface area contributed by atoms with Gasteiger partial charge in [-0.25, -0.2) is 4.98 Å². The summed E-state index contributed by atoms with van der Waals surface area (Å²) < 4.78 is 0. The Morgan fingerprint density at radius 3 is 2.77 bits per heavy atom. The van der Waals surface area contributed by atoms with Gasteiger partial charge in [-0.05, 0) is 43.7 Å². The fourth-order valence-corrected chi connectivity index (χ4v) is 3.89. The standard InChI is InChI=1S/C19H22N4OS2/c1-13(10-11-15-7-4-3-5-8-15)20-18(24)14(2)26-19-21-17(22-23-19)16-9-6-12-25-16/h3-9,12-14H,10-11H2,1-2H3,(H,20,24)(H,21,22,23)/t13-,14-/m1/s1. The van der Waals surface area contributed by atoms with Crippen molar-refractivity contribution in [1.29, 1.82) is 0 Å². The molecular weight excluding hydrogens is 364 g/mol. The first kappa shape index (κ1) is 18.7. The highest BCUT2D eigenvalue weighted by Crippen LogP contribution is 2.25. The van der Waals surface area contributed by atoms with Crippen molar-refractivity contribution >= 4 is 29.0 Å². The average Bonchev–Trinajstić information content (AvgIpc) is 3.32. The molecule has 3 aromatic rings. The van der Waals surface area contributed by atoms with Gasteiger partial charge in [0.1, 0.15) is 0 Å². The molecule has 2 atom stereocenters. The van der Waals surface area contributed by atoms with Gasteiger partial charge in [0.25, 0.3) is 0 Å². The van der Waals surface area contributed by atoms with E-state index in [2.05, 4.69) is 32.6 Å². The summed E-state index contributed by atoms with van der Waals surface area (Å²) in [5, 5.41) is 12.6. The molecule has 0 unspecified atom stereocenters. The van der Waals surface area contributed by atoms with Crippen LogP contribution >= 0.6 is 23.1 Å². The number of nitrogens with one attached hydrogen (secondary N) is 2. The first-order valence-electron chi connectivity index (χ1n) is 8.59. The number of H-pyrrole nitrogens is 1. The summed E-state index contributed by atoms with van der Waals surface area (Å²) in [6.07, 6.45) is 1.87. The van der Waals surface area contributed by atoms with E-state index >= 15 is 0 Å². The molecule has 0 spiro atoms. The van der Waals surface area contributed by atoms with Crippen molar-refractivity contribution < 1.29 is 4.79 Å². The zero-order chi connectivity index (χ0) is 18.4. The summed E-state index contributed by atoms with van der Waals surface area (Å²) in [6, 6.07) is 14.4. The Balaban J connectivity index is 1.47. The van der Waals surface area contributed by atoms with E-state index in [1.54, 1.807) is 11.3 Å². The Hall–Kier alpha value is -2.12. The molecule has 2 heterocycles. The van der Waals surface area contributed by atoms with Gasteiger partial charge in [-0.15, -0.1) is 16.4 Å². The molecule has 26 heavy (non-hydrogen) atoms. The summed E-state index contributed by atoms with van der Waals surface area (Å²) in [7, 11) is 0. The monoisotopic (exact) mass is 386 g/mol. The number of nitrogens with zero attached hydrogens (tertiary/aromatic N) is 2. The largest absolute Gasteiger partial charge is 0.353 e. The van der Waals surface area contributed by atoms with Gasteiger partial charge < -0.3 is 5.32 Å². The van der Waals surface area contributed by atoms with Crippen LogP contribution in [0, 0.1) is 0 Å². The zero-order valence-electron chi connectivity index (χ0n) is 14.8. The lowest BCUT2D eigenvalue weighted by molar-refractivity contribution is -0.120. The Morgan fingerprint density at radius 2 is 2.04 bits per heavy atom. The molecule has 7 heteroatoms. The first-order chi connectivity index (χ1) is 12.6. The quantitative estimate of drug-likeness (QED) is 0.571. The molecule has 0 saturated heterocycles. The van der Waals surface area contributed by atoms with Crippen molar-refractivity contribution in [1.82, 2.24) is 20.5 Å². The molecule has 1 amide bonds. The minimum absolute atomic E-state index is 0.0121. The van der Waals surface area contributed by atoms with Gasteiger partial charge in [-0.1, -0.05) is 48.2 Å². The predicted octanol–water partition coefficient (Wildman–Crippen LogP) is 4.15. The third kappa shape index (κ3) is 5.19.